The number of hydrogen-bond acceptors (Lipinski definition) is 2. The van der Waals surface area contributed by atoms with Gasteiger partial charge in [-0.1, -0.05) is 6.07 Å². The highest BCUT2D eigenvalue weighted by Crippen LogP contribution is 2.29. The van der Waals surface area contributed by atoms with E-state index < -0.39 is 92.5 Å². The molecule has 14 heteroatoms. The van der Waals surface area contributed by atoms with Crippen molar-refractivity contribution in [3.63, 3.8) is 0 Å². The first-order valence-electron chi connectivity index (χ1n) is 9.04. The van der Waals surface area contributed by atoms with Crippen LogP contribution in [-0.4, -0.2) is 11.8 Å². The second kappa shape index (κ2) is 9.27. The maximum Gasteiger partial charge on any atom is 0.261 e. The van der Waals surface area contributed by atoms with Gasteiger partial charge in [0.25, 0.3) is 11.8 Å². The van der Waals surface area contributed by atoms with Gasteiger partial charge in [0, 0.05) is 0 Å². The van der Waals surface area contributed by atoms with E-state index in [1.165, 1.54) is 13.0 Å². The molecule has 0 aromatic heterocycles. The lowest BCUT2D eigenvalue weighted by Gasteiger charge is -2.15. The van der Waals surface area contributed by atoms with E-state index in [4.69, 9.17) is 0 Å². The van der Waals surface area contributed by atoms with Crippen LogP contribution >= 0.6 is 0 Å². The summed E-state index contributed by atoms with van der Waals surface area (Å²) in [7, 11) is 0. The van der Waals surface area contributed by atoms with Crippen molar-refractivity contribution in [2.45, 2.75) is 6.92 Å². The summed E-state index contributed by atoms with van der Waals surface area (Å²) in [5.41, 5.74) is -4.68. The van der Waals surface area contributed by atoms with Gasteiger partial charge in [-0.15, -0.1) is 0 Å². The molecule has 35 heavy (non-hydrogen) atoms. The van der Waals surface area contributed by atoms with Crippen molar-refractivity contribution >= 4 is 23.2 Å². The predicted octanol–water partition coefficient (Wildman–Crippen LogP) is 5.89. The minimum Gasteiger partial charge on any atom is -0.320 e. The number of halogens is 10. The molecule has 2 amide bonds. The largest absolute Gasteiger partial charge is 0.320 e. The summed E-state index contributed by atoms with van der Waals surface area (Å²) in [6.07, 6.45) is 0. The third kappa shape index (κ3) is 4.38. The Morgan fingerprint density at radius 2 is 0.829 bits per heavy atom. The van der Waals surface area contributed by atoms with Gasteiger partial charge in [-0.2, -0.15) is 0 Å². The molecule has 0 aliphatic heterocycles. The molecule has 4 nitrogen and oxygen atoms in total. The Balaban J connectivity index is 2.02. The molecule has 0 unspecified atom stereocenters. The van der Waals surface area contributed by atoms with E-state index in [1.807, 2.05) is 0 Å². The van der Waals surface area contributed by atoms with Crippen molar-refractivity contribution in [3.8, 4) is 0 Å². The fourth-order valence-electron chi connectivity index (χ4n) is 2.85. The number of benzene rings is 3. The second-order valence-corrected chi connectivity index (χ2v) is 6.85. The van der Waals surface area contributed by atoms with Crippen molar-refractivity contribution in [1.29, 1.82) is 0 Å². The SMILES string of the molecule is Cc1ccc(NC(=O)c2c(F)c(F)c(F)c(F)c2F)c(NC(=O)c2c(F)c(F)c(F)c(F)c2F)c1. The van der Waals surface area contributed by atoms with Crippen LogP contribution in [0, 0.1) is 65.1 Å². The topological polar surface area (TPSA) is 58.2 Å². The van der Waals surface area contributed by atoms with Crippen molar-refractivity contribution in [3.05, 3.63) is 93.1 Å². The average Bonchev–Trinajstić information content (AvgIpc) is 2.80. The van der Waals surface area contributed by atoms with Gasteiger partial charge in [-0.05, 0) is 24.6 Å². The predicted molar refractivity (Wildman–Crippen MR) is 99.5 cm³/mol. The summed E-state index contributed by atoms with van der Waals surface area (Å²) in [5.74, 6) is -28.4. The zero-order valence-electron chi connectivity index (χ0n) is 16.8. The first-order valence-corrected chi connectivity index (χ1v) is 9.04. The van der Waals surface area contributed by atoms with Crippen molar-refractivity contribution in [1.82, 2.24) is 0 Å². The van der Waals surface area contributed by atoms with E-state index in [9.17, 15) is 53.5 Å². The summed E-state index contributed by atoms with van der Waals surface area (Å²) in [6, 6.07) is 3.17. The first kappa shape index (κ1) is 25.5. The van der Waals surface area contributed by atoms with Gasteiger partial charge in [-0.25, -0.2) is 43.9 Å². The Morgan fingerprint density at radius 3 is 1.20 bits per heavy atom. The highest BCUT2D eigenvalue weighted by atomic mass is 19.2. The number of nitrogens with one attached hydrogen (secondary N) is 2. The Hall–Kier alpha value is -4.10. The van der Waals surface area contributed by atoms with Crippen molar-refractivity contribution < 1.29 is 53.5 Å². The van der Waals surface area contributed by atoms with Crippen LogP contribution in [0.15, 0.2) is 18.2 Å². The fourth-order valence-corrected chi connectivity index (χ4v) is 2.85. The maximum atomic E-state index is 13.9. The third-order valence-corrected chi connectivity index (χ3v) is 4.55. The molecule has 0 bridgehead atoms. The van der Waals surface area contributed by atoms with Gasteiger partial charge in [0.15, 0.2) is 46.5 Å². The summed E-state index contributed by atoms with van der Waals surface area (Å²) in [6.45, 7) is 1.39. The van der Waals surface area contributed by atoms with Crippen LogP contribution in [0.25, 0.3) is 0 Å². The van der Waals surface area contributed by atoms with E-state index in [-0.39, 0.29) is 5.56 Å². The number of carbonyl (C=O) groups is 2. The molecule has 0 heterocycles. The molecule has 2 N–H and O–H groups in total. The molecule has 3 aromatic carbocycles. The summed E-state index contributed by atoms with van der Waals surface area (Å²) >= 11 is 0. The Labute approximate surface area is 188 Å². The molecule has 0 saturated carbocycles. The quantitative estimate of drug-likeness (QED) is 0.261. The van der Waals surface area contributed by atoms with Crippen LogP contribution in [0.5, 0.6) is 0 Å². The zero-order valence-corrected chi connectivity index (χ0v) is 16.8. The van der Waals surface area contributed by atoms with E-state index in [0.29, 0.717) is 0 Å². The Kier molecular flexibility index (Phi) is 6.76. The van der Waals surface area contributed by atoms with E-state index >= 15 is 0 Å². The number of anilines is 2. The van der Waals surface area contributed by atoms with Gasteiger partial charge in [0.05, 0.1) is 11.4 Å². The summed E-state index contributed by atoms with van der Waals surface area (Å²) < 4.78 is 136. The summed E-state index contributed by atoms with van der Waals surface area (Å²) in [5, 5.41) is 3.50. The van der Waals surface area contributed by atoms with Gasteiger partial charge in [0.1, 0.15) is 11.1 Å². The maximum absolute atomic E-state index is 13.9. The minimum atomic E-state index is -2.53. The molecular weight excluding hydrogens is 502 g/mol. The Morgan fingerprint density at radius 1 is 0.514 bits per heavy atom. The highest BCUT2D eigenvalue weighted by Gasteiger charge is 2.32. The molecular formula is C21H8F10N2O2. The summed E-state index contributed by atoms with van der Waals surface area (Å²) in [4.78, 5) is 24.6. The smallest absolute Gasteiger partial charge is 0.261 e. The number of hydrogen-bond donors (Lipinski definition) is 2. The number of amides is 2. The van der Waals surface area contributed by atoms with Crippen LogP contribution in [0.1, 0.15) is 26.3 Å². The lowest BCUT2D eigenvalue weighted by atomic mass is 10.1. The molecule has 0 spiro atoms. The molecule has 3 aromatic rings. The molecule has 3 rings (SSSR count). The van der Waals surface area contributed by atoms with E-state index in [0.717, 1.165) is 12.1 Å². The minimum absolute atomic E-state index is 0.284. The standard InChI is InChI=1S/C21H8F10N2O2/c1-5-2-3-6(32-20(34)8-10(22)14(26)18(30)15(27)11(8)23)7(4-5)33-21(35)9-12(24)16(28)19(31)17(29)13(9)25/h2-4H,1H3,(H,32,34)(H,33,35). The van der Waals surface area contributed by atoms with E-state index in [2.05, 4.69) is 0 Å². The average molecular weight is 510 g/mol. The fraction of sp³-hybridized carbons (Fsp3) is 0.0476. The van der Waals surface area contributed by atoms with Crippen molar-refractivity contribution in [2.75, 3.05) is 10.6 Å². The number of aryl methyl sites for hydroxylation is 1. The molecule has 0 aliphatic carbocycles. The monoisotopic (exact) mass is 510 g/mol. The van der Waals surface area contributed by atoms with Crippen LogP contribution in [0.3, 0.4) is 0 Å². The highest BCUT2D eigenvalue weighted by molar-refractivity contribution is 6.10. The molecule has 0 radical (unpaired) electrons. The third-order valence-electron chi connectivity index (χ3n) is 4.55. The van der Waals surface area contributed by atoms with Crippen LogP contribution in [0.4, 0.5) is 55.3 Å². The zero-order chi connectivity index (χ0) is 26.4. The van der Waals surface area contributed by atoms with Gasteiger partial charge in [0.2, 0.25) is 11.6 Å². The molecule has 0 atom stereocenters. The molecule has 0 saturated heterocycles. The van der Waals surface area contributed by atoms with Gasteiger partial charge < -0.3 is 10.6 Å². The van der Waals surface area contributed by atoms with Crippen LogP contribution in [0.2, 0.25) is 0 Å². The first-order chi connectivity index (χ1) is 16.3. The Bertz CT molecular complexity index is 1350. The number of carbonyl (C=O) groups excluding carboxylic acids is 2. The normalized spacial score (nSPS) is 10.9. The molecule has 0 aliphatic rings. The molecule has 184 valence electrons. The van der Waals surface area contributed by atoms with Gasteiger partial charge >= 0.3 is 0 Å². The van der Waals surface area contributed by atoms with E-state index in [1.54, 1.807) is 10.6 Å². The lowest BCUT2D eigenvalue weighted by Crippen LogP contribution is -2.22. The van der Waals surface area contributed by atoms with Crippen LogP contribution in [-0.2, 0) is 0 Å². The van der Waals surface area contributed by atoms with Gasteiger partial charge in [-0.3, -0.25) is 9.59 Å². The lowest BCUT2D eigenvalue weighted by molar-refractivity contribution is 0.100. The second-order valence-electron chi connectivity index (χ2n) is 6.85. The number of rotatable bonds is 4. The van der Waals surface area contributed by atoms with Crippen molar-refractivity contribution in [2.24, 2.45) is 0 Å². The molecule has 0 fully saturated rings. The van der Waals surface area contributed by atoms with Crippen LogP contribution < -0.4 is 10.6 Å².